The number of rotatable bonds is 9. The van der Waals surface area contributed by atoms with Crippen LogP contribution in [0.25, 0.3) is 23.3 Å². The Morgan fingerprint density at radius 1 is 1.16 bits per heavy atom. The number of carbonyl (C=O) groups is 1. The molecule has 0 aliphatic carbocycles. The van der Waals surface area contributed by atoms with Crippen LogP contribution in [0, 0.1) is 6.92 Å². The maximum absolute atomic E-state index is 10.6. The lowest BCUT2D eigenvalue weighted by Gasteiger charge is -2.10. The van der Waals surface area contributed by atoms with Crippen LogP contribution in [0.1, 0.15) is 28.8 Å². The Morgan fingerprint density at radius 3 is 2.65 bits per heavy atom. The van der Waals surface area contributed by atoms with Gasteiger partial charge in [-0.2, -0.15) is 0 Å². The summed E-state index contributed by atoms with van der Waals surface area (Å²) in [6.45, 7) is 2.75. The first-order valence-corrected chi connectivity index (χ1v) is 10.4. The Hall–Kier alpha value is -2.99. The molecule has 0 radical (unpaired) electrons. The van der Waals surface area contributed by atoms with E-state index in [0.717, 1.165) is 33.5 Å². The number of aliphatic carboxylic acids is 1. The van der Waals surface area contributed by atoms with E-state index in [1.54, 1.807) is 0 Å². The van der Waals surface area contributed by atoms with Crippen LogP contribution in [0.3, 0.4) is 0 Å². The quantitative estimate of drug-likeness (QED) is 0.448. The van der Waals surface area contributed by atoms with Crippen LogP contribution in [0.4, 0.5) is 0 Å². The molecule has 0 saturated heterocycles. The summed E-state index contributed by atoms with van der Waals surface area (Å²) in [5.74, 6) is -1.02. The van der Waals surface area contributed by atoms with Crippen LogP contribution in [0.2, 0.25) is 5.02 Å². The van der Waals surface area contributed by atoms with Gasteiger partial charge in [-0.25, -0.2) is 0 Å². The average molecular weight is 437 g/mol. The van der Waals surface area contributed by atoms with Crippen LogP contribution in [-0.4, -0.2) is 33.8 Å². The highest BCUT2D eigenvalue weighted by molar-refractivity contribution is 6.32. The fourth-order valence-electron chi connectivity index (χ4n) is 3.29. The molecule has 0 spiro atoms. The van der Waals surface area contributed by atoms with E-state index in [4.69, 9.17) is 16.7 Å². The smallest absolute Gasteiger partial charge is 0.306 e. The van der Waals surface area contributed by atoms with Gasteiger partial charge in [-0.3, -0.25) is 9.78 Å². The molecular formula is C25H25ClN2O3. The predicted octanol–water partition coefficient (Wildman–Crippen LogP) is 4.81. The maximum atomic E-state index is 10.6. The molecule has 3 aromatic rings. The van der Waals surface area contributed by atoms with Gasteiger partial charge in [-0.15, -0.1) is 0 Å². The van der Waals surface area contributed by atoms with Crippen molar-refractivity contribution in [2.75, 3.05) is 6.54 Å². The molecule has 2 aromatic carbocycles. The van der Waals surface area contributed by atoms with Crippen molar-refractivity contribution in [2.24, 2.45) is 0 Å². The summed E-state index contributed by atoms with van der Waals surface area (Å²) in [6.07, 6.45) is 4.52. The zero-order valence-corrected chi connectivity index (χ0v) is 18.0. The highest BCUT2D eigenvalue weighted by Crippen LogP contribution is 2.26. The van der Waals surface area contributed by atoms with E-state index in [9.17, 15) is 9.90 Å². The summed E-state index contributed by atoms with van der Waals surface area (Å²) < 4.78 is 0. The number of hydrogen-bond acceptors (Lipinski definition) is 4. The van der Waals surface area contributed by atoms with Crippen molar-refractivity contribution in [3.8, 4) is 11.1 Å². The molecule has 0 unspecified atom stereocenters. The third kappa shape index (κ3) is 6.49. The third-order valence-corrected chi connectivity index (χ3v) is 5.26. The normalized spacial score (nSPS) is 12.2. The van der Waals surface area contributed by atoms with Crippen molar-refractivity contribution in [1.29, 1.82) is 0 Å². The Balaban J connectivity index is 1.67. The second kappa shape index (κ2) is 10.9. The molecule has 5 nitrogen and oxygen atoms in total. The molecule has 0 bridgehead atoms. The highest BCUT2D eigenvalue weighted by Gasteiger charge is 2.09. The van der Waals surface area contributed by atoms with Gasteiger partial charge in [0.05, 0.1) is 18.2 Å². The van der Waals surface area contributed by atoms with Gasteiger partial charge in [0.2, 0.25) is 0 Å². The van der Waals surface area contributed by atoms with Gasteiger partial charge < -0.3 is 15.5 Å². The molecule has 0 aliphatic rings. The van der Waals surface area contributed by atoms with E-state index < -0.39 is 12.1 Å². The first-order valence-electron chi connectivity index (χ1n) is 10.0. The molecule has 0 fully saturated rings. The van der Waals surface area contributed by atoms with Crippen molar-refractivity contribution in [1.82, 2.24) is 10.3 Å². The minimum atomic E-state index is -1.02. The maximum Gasteiger partial charge on any atom is 0.306 e. The minimum Gasteiger partial charge on any atom is -0.481 e. The van der Waals surface area contributed by atoms with Crippen molar-refractivity contribution in [3.05, 3.63) is 88.2 Å². The number of benzene rings is 2. The second-order valence-corrected chi connectivity index (χ2v) is 7.71. The monoisotopic (exact) mass is 436 g/mol. The molecule has 160 valence electrons. The van der Waals surface area contributed by atoms with Gasteiger partial charge in [0, 0.05) is 24.3 Å². The number of nitrogens with one attached hydrogen (secondary N) is 1. The first kappa shape index (κ1) is 22.7. The zero-order chi connectivity index (χ0) is 22.2. The van der Waals surface area contributed by atoms with Crippen molar-refractivity contribution in [3.63, 3.8) is 0 Å². The number of nitrogens with zero attached hydrogens (tertiary/aromatic N) is 1. The number of aliphatic hydroxyl groups excluding tert-OH is 1. The fourth-order valence-corrected chi connectivity index (χ4v) is 3.56. The average Bonchev–Trinajstić information content (AvgIpc) is 2.74. The number of carboxylic acids is 1. The summed E-state index contributed by atoms with van der Waals surface area (Å²) >= 11 is 6.45. The summed E-state index contributed by atoms with van der Waals surface area (Å²) in [4.78, 5) is 15.1. The molecule has 6 heteroatoms. The molecule has 3 rings (SSSR count). The number of hydrogen-bond donors (Lipinski definition) is 3. The van der Waals surface area contributed by atoms with Crippen LogP contribution >= 0.6 is 11.6 Å². The van der Waals surface area contributed by atoms with Crippen molar-refractivity contribution < 1.29 is 15.0 Å². The van der Waals surface area contributed by atoms with Gasteiger partial charge in [-0.1, -0.05) is 60.1 Å². The van der Waals surface area contributed by atoms with Crippen LogP contribution in [0.15, 0.2) is 60.8 Å². The molecular weight excluding hydrogens is 412 g/mol. The predicted molar refractivity (Wildman–Crippen MR) is 125 cm³/mol. The highest BCUT2D eigenvalue weighted by atomic mass is 35.5. The van der Waals surface area contributed by atoms with Crippen molar-refractivity contribution >= 4 is 29.7 Å². The van der Waals surface area contributed by atoms with Crippen LogP contribution in [-0.2, 0) is 11.3 Å². The van der Waals surface area contributed by atoms with Gasteiger partial charge in [0.1, 0.15) is 0 Å². The number of carboxylic acid groups (broad SMARTS) is 1. The summed E-state index contributed by atoms with van der Waals surface area (Å²) in [6, 6.07) is 18.0. The zero-order valence-electron chi connectivity index (χ0n) is 17.3. The molecule has 1 atom stereocenters. The van der Waals surface area contributed by atoms with Gasteiger partial charge in [0.15, 0.2) is 0 Å². The summed E-state index contributed by atoms with van der Waals surface area (Å²) in [5.41, 5.74) is 6.11. The largest absolute Gasteiger partial charge is 0.481 e. The van der Waals surface area contributed by atoms with Crippen molar-refractivity contribution in [2.45, 2.75) is 26.0 Å². The van der Waals surface area contributed by atoms with E-state index in [2.05, 4.69) is 29.4 Å². The Morgan fingerprint density at radius 2 is 1.94 bits per heavy atom. The van der Waals surface area contributed by atoms with E-state index in [-0.39, 0.29) is 13.0 Å². The molecule has 31 heavy (non-hydrogen) atoms. The van der Waals surface area contributed by atoms with Crippen LogP contribution < -0.4 is 5.32 Å². The number of aromatic nitrogens is 1. The van der Waals surface area contributed by atoms with Gasteiger partial charge in [-0.05, 0) is 52.9 Å². The van der Waals surface area contributed by atoms with E-state index in [1.165, 1.54) is 0 Å². The molecule has 3 N–H and O–H groups in total. The lowest BCUT2D eigenvalue weighted by Crippen LogP contribution is -2.28. The first-order chi connectivity index (χ1) is 14.9. The van der Waals surface area contributed by atoms with E-state index in [1.807, 2.05) is 60.8 Å². The minimum absolute atomic E-state index is 0.203. The molecule has 1 heterocycles. The summed E-state index contributed by atoms with van der Waals surface area (Å²) in [7, 11) is 0. The molecule has 0 saturated carbocycles. The molecule has 0 amide bonds. The third-order valence-electron chi connectivity index (χ3n) is 4.93. The summed E-state index contributed by atoms with van der Waals surface area (Å²) in [5, 5.41) is 21.9. The van der Waals surface area contributed by atoms with Gasteiger partial charge >= 0.3 is 5.97 Å². The van der Waals surface area contributed by atoms with Crippen LogP contribution in [0.5, 0.6) is 0 Å². The Labute approximate surface area is 187 Å². The number of halogens is 1. The Kier molecular flexibility index (Phi) is 7.95. The number of aliphatic hydroxyl groups is 1. The standard InChI is InChI=1S/C25H25ClN2O3/c1-17-22(19-5-3-2-4-6-19)11-12-28-24(17)10-9-20-8-7-18(13-23(20)26)15-27-16-21(29)14-25(30)31/h2-13,21,27,29H,14-16H2,1H3,(H,30,31)/b10-9+/t21-/m0/s1. The topological polar surface area (TPSA) is 82.5 Å². The van der Waals surface area contributed by atoms with E-state index >= 15 is 0 Å². The molecule has 0 aliphatic heterocycles. The lowest BCUT2D eigenvalue weighted by atomic mass is 10.00. The Bertz CT molecular complexity index is 1070. The second-order valence-electron chi connectivity index (χ2n) is 7.31. The fraction of sp³-hybridized carbons (Fsp3) is 0.200. The lowest BCUT2D eigenvalue weighted by molar-refractivity contribution is -0.139. The number of pyridine rings is 1. The molecule has 1 aromatic heterocycles. The van der Waals surface area contributed by atoms with E-state index in [0.29, 0.717) is 11.6 Å². The SMILES string of the molecule is Cc1c(-c2ccccc2)ccnc1/C=C/c1ccc(CNC[C@@H](O)CC(=O)O)cc1Cl. The van der Waals surface area contributed by atoms with Gasteiger partial charge in [0.25, 0.3) is 0 Å².